The highest BCUT2D eigenvalue weighted by Crippen LogP contribution is 2.31. The van der Waals surface area contributed by atoms with Crippen LogP contribution in [0.4, 0.5) is 5.82 Å². The number of ether oxygens (including phenoxy) is 1. The Kier molecular flexibility index (Phi) is 6.44. The number of nitrogens with zero attached hydrogens (tertiary/aromatic N) is 4. The third kappa shape index (κ3) is 4.52. The maximum Gasteiger partial charge on any atom is 0.208 e. The molecule has 1 aliphatic heterocycles. The summed E-state index contributed by atoms with van der Waals surface area (Å²) < 4.78 is 7.04. The molecule has 1 saturated heterocycles. The molecule has 0 aliphatic carbocycles. The monoisotopic (exact) mass is 423 g/mol. The van der Waals surface area contributed by atoms with Gasteiger partial charge in [-0.3, -0.25) is 4.57 Å². The van der Waals surface area contributed by atoms with Gasteiger partial charge in [-0.2, -0.15) is 0 Å². The van der Waals surface area contributed by atoms with E-state index in [2.05, 4.69) is 38.9 Å². The summed E-state index contributed by atoms with van der Waals surface area (Å²) in [6, 6.07) is 10.3. The SMILES string of the molecule is Nc1nc(C#CCCCCc2ccccc2)nc2c1ncn2[C@@H]1O[C@H](CO)[C@@H](O)[C@H]1O. The first-order valence-electron chi connectivity index (χ1n) is 10.2. The van der Waals surface area contributed by atoms with Crippen LogP contribution in [0.5, 0.6) is 0 Å². The second-order valence-corrected chi connectivity index (χ2v) is 7.48. The highest BCUT2D eigenvalue weighted by molar-refractivity contribution is 5.82. The Morgan fingerprint density at radius 3 is 2.65 bits per heavy atom. The number of unbranched alkanes of at least 4 members (excludes halogenated alkanes) is 2. The molecule has 9 nitrogen and oxygen atoms in total. The predicted molar refractivity (Wildman–Crippen MR) is 114 cm³/mol. The summed E-state index contributed by atoms with van der Waals surface area (Å²) in [6.45, 7) is -0.417. The quantitative estimate of drug-likeness (QED) is 0.337. The van der Waals surface area contributed by atoms with Crippen molar-refractivity contribution >= 4 is 17.0 Å². The van der Waals surface area contributed by atoms with Crippen LogP contribution in [0.2, 0.25) is 0 Å². The molecule has 0 unspecified atom stereocenters. The maximum atomic E-state index is 10.3. The highest BCUT2D eigenvalue weighted by atomic mass is 16.6. The van der Waals surface area contributed by atoms with Crippen LogP contribution in [0.15, 0.2) is 36.7 Å². The highest BCUT2D eigenvalue weighted by Gasteiger charge is 2.44. The lowest BCUT2D eigenvalue weighted by Gasteiger charge is -2.16. The van der Waals surface area contributed by atoms with Gasteiger partial charge in [-0.05, 0) is 30.7 Å². The molecular weight excluding hydrogens is 398 g/mol. The predicted octanol–water partition coefficient (Wildman–Crippen LogP) is 0.784. The molecule has 5 N–H and O–H groups in total. The summed E-state index contributed by atoms with van der Waals surface area (Å²) >= 11 is 0. The Morgan fingerprint density at radius 1 is 1.10 bits per heavy atom. The number of anilines is 1. The average Bonchev–Trinajstić information content (AvgIpc) is 3.32. The number of aromatic nitrogens is 4. The van der Waals surface area contributed by atoms with Crippen LogP contribution in [0.1, 0.15) is 36.9 Å². The van der Waals surface area contributed by atoms with Gasteiger partial charge in [0.1, 0.15) is 23.8 Å². The Labute approximate surface area is 179 Å². The fraction of sp³-hybridized carbons (Fsp3) is 0.409. The molecule has 0 amide bonds. The molecule has 0 radical (unpaired) electrons. The van der Waals surface area contributed by atoms with Gasteiger partial charge in [-0.25, -0.2) is 15.0 Å². The molecule has 4 atom stereocenters. The van der Waals surface area contributed by atoms with Crippen molar-refractivity contribution in [1.82, 2.24) is 19.5 Å². The van der Waals surface area contributed by atoms with Gasteiger partial charge in [0.15, 0.2) is 17.7 Å². The van der Waals surface area contributed by atoms with E-state index in [1.54, 1.807) is 0 Å². The number of aliphatic hydroxyl groups excluding tert-OH is 3. The van der Waals surface area contributed by atoms with Crippen LogP contribution in [0.25, 0.3) is 11.2 Å². The lowest BCUT2D eigenvalue weighted by molar-refractivity contribution is -0.0511. The van der Waals surface area contributed by atoms with Crippen LogP contribution in [0, 0.1) is 11.8 Å². The van der Waals surface area contributed by atoms with E-state index in [4.69, 9.17) is 10.5 Å². The summed E-state index contributed by atoms with van der Waals surface area (Å²) in [7, 11) is 0. The number of aliphatic hydroxyl groups is 3. The fourth-order valence-corrected chi connectivity index (χ4v) is 3.62. The molecule has 1 aliphatic rings. The molecule has 9 heteroatoms. The summed E-state index contributed by atoms with van der Waals surface area (Å²) in [5, 5.41) is 29.6. The molecule has 0 spiro atoms. The molecule has 162 valence electrons. The topological polar surface area (TPSA) is 140 Å². The van der Waals surface area contributed by atoms with Crippen molar-refractivity contribution in [2.24, 2.45) is 0 Å². The van der Waals surface area contributed by atoms with Gasteiger partial charge in [-0.1, -0.05) is 36.3 Å². The third-order valence-corrected chi connectivity index (χ3v) is 5.30. The molecule has 0 bridgehead atoms. The largest absolute Gasteiger partial charge is 0.394 e. The van der Waals surface area contributed by atoms with E-state index in [9.17, 15) is 15.3 Å². The zero-order valence-electron chi connectivity index (χ0n) is 16.9. The zero-order valence-corrected chi connectivity index (χ0v) is 16.9. The zero-order chi connectivity index (χ0) is 21.8. The van der Waals surface area contributed by atoms with Crippen LogP contribution >= 0.6 is 0 Å². The van der Waals surface area contributed by atoms with Gasteiger partial charge in [0, 0.05) is 6.42 Å². The van der Waals surface area contributed by atoms with Crippen molar-refractivity contribution in [3.8, 4) is 11.8 Å². The van der Waals surface area contributed by atoms with Gasteiger partial charge >= 0.3 is 0 Å². The number of fused-ring (bicyclic) bond motifs is 1. The molecule has 3 heterocycles. The first-order valence-corrected chi connectivity index (χ1v) is 10.2. The van der Waals surface area contributed by atoms with Crippen LogP contribution < -0.4 is 5.73 Å². The van der Waals surface area contributed by atoms with Crippen LogP contribution in [-0.4, -0.2) is 59.8 Å². The number of hydrogen-bond acceptors (Lipinski definition) is 8. The molecule has 4 rings (SSSR count). The van der Waals surface area contributed by atoms with Crippen LogP contribution in [-0.2, 0) is 11.2 Å². The summed E-state index contributed by atoms with van der Waals surface area (Å²) in [5.41, 5.74) is 8.02. The smallest absolute Gasteiger partial charge is 0.208 e. The van der Waals surface area contributed by atoms with Crippen LogP contribution in [0.3, 0.4) is 0 Å². The van der Waals surface area contributed by atoms with Crippen molar-refractivity contribution in [2.75, 3.05) is 12.3 Å². The number of benzene rings is 1. The Hall–Kier alpha value is -3.03. The molecule has 2 aromatic heterocycles. The molecule has 31 heavy (non-hydrogen) atoms. The third-order valence-electron chi connectivity index (χ3n) is 5.30. The minimum atomic E-state index is -1.25. The molecule has 0 saturated carbocycles. The summed E-state index contributed by atoms with van der Waals surface area (Å²) in [5.74, 6) is 6.44. The van der Waals surface area contributed by atoms with Gasteiger partial charge < -0.3 is 25.8 Å². The van der Waals surface area contributed by atoms with E-state index >= 15 is 0 Å². The van der Waals surface area contributed by atoms with E-state index in [0.717, 1.165) is 19.3 Å². The summed E-state index contributed by atoms with van der Waals surface area (Å²) in [6.07, 6.45) is 0.822. The second kappa shape index (κ2) is 9.41. The maximum absolute atomic E-state index is 10.3. The van der Waals surface area contributed by atoms with Gasteiger partial charge in [0.25, 0.3) is 0 Å². The number of imidazole rings is 1. The normalized spacial score (nSPS) is 23.1. The Bertz CT molecular complexity index is 1090. The Morgan fingerprint density at radius 2 is 1.90 bits per heavy atom. The Balaban J connectivity index is 1.45. The number of rotatable bonds is 6. The number of hydrogen-bond donors (Lipinski definition) is 4. The van der Waals surface area contributed by atoms with E-state index in [0.29, 0.717) is 17.6 Å². The van der Waals surface area contributed by atoms with Crippen molar-refractivity contribution in [3.63, 3.8) is 0 Å². The molecule has 3 aromatic rings. The van der Waals surface area contributed by atoms with E-state index in [1.165, 1.54) is 16.5 Å². The first-order chi connectivity index (χ1) is 15.1. The number of nitrogen functional groups attached to an aromatic ring is 1. The summed E-state index contributed by atoms with van der Waals surface area (Å²) in [4.78, 5) is 12.8. The van der Waals surface area contributed by atoms with E-state index < -0.39 is 31.1 Å². The van der Waals surface area contributed by atoms with Gasteiger partial charge in [-0.15, -0.1) is 0 Å². The second-order valence-electron chi connectivity index (χ2n) is 7.48. The minimum Gasteiger partial charge on any atom is -0.394 e. The fourth-order valence-electron chi connectivity index (χ4n) is 3.62. The van der Waals surface area contributed by atoms with Crippen molar-refractivity contribution in [2.45, 2.75) is 50.2 Å². The van der Waals surface area contributed by atoms with Crippen molar-refractivity contribution in [1.29, 1.82) is 0 Å². The van der Waals surface area contributed by atoms with E-state index in [1.807, 2.05) is 18.2 Å². The van der Waals surface area contributed by atoms with E-state index in [-0.39, 0.29) is 11.6 Å². The van der Waals surface area contributed by atoms with Crippen molar-refractivity contribution in [3.05, 3.63) is 48.0 Å². The minimum absolute atomic E-state index is 0.170. The average molecular weight is 423 g/mol. The number of aryl methyl sites for hydroxylation is 1. The molecule has 1 fully saturated rings. The van der Waals surface area contributed by atoms with Crippen molar-refractivity contribution < 1.29 is 20.1 Å². The van der Waals surface area contributed by atoms with Gasteiger partial charge in [0.05, 0.1) is 12.9 Å². The molecular formula is C22H25N5O4. The lowest BCUT2D eigenvalue weighted by atomic mass is 10.1. The molecule has 1 aromatic carbocycles. The first kappa shape index (κ1) is 21.2. The lowest BCUT2D eigenvalue weighted by Crippen LogP contribution is -2.33. The van der Waals surface area contributed by atoms with Gasteiger partial charge in [0.2, 0.25) is 5.82 Å². The number of nitrogens with two attached hydrogens (primary N) is 1. The standard InChI is InChI=1S/C22H25N5O4/c23-20-17-21(27(13-24-17)22-19(30)18(29)15(12-28)31-22)26-16(25-20)11-7-2-1-4-8-14-9-5-3-6-10-14/h3,5-6,9-10,13,15,18-19,22,28-30H,1-2,4,8,12H2,(H2,23,25,26)/t15-,18-,19-,22-/m1/s1.